The molecule has 0 amide bonds. The van der Waals surface area contributed by atoms with Crippen molar-refractivity contribution < 1.29 is 39.9 Å². The highest BCUT2D eigenvalue weighted by molar-refractivity contribution is 5.90. The first kappa shape index (κ1) is 17.3. The maximum Gasteiger partial charge on any atom is 0.351 e. The van der Waals surface area contributed by atoms with E-state index in [1.165, 1.54) is 24.3 Å². The van der Waals surface area contributed by atoms with Crippen LogP contribution in [0.1, 0.15) is 5.56 Å². The van der Waals surface area contributed by atoms with Gasteiger partial charge in [0.1, 0.15) is 17.2 Å². The third kappa shape index (κ3) is 3.29. The minimum Gasteiger partial charge on any atom is -0.508 e. The summed E-state index contributed by atoms with van der Waals surface area (Å²) in [6.07, 6.45) is -2.51. The number of carbonyl (C=O) groups is 2. The first-order valence-electron chi connectivity index (χ1n) is 6.69. The Morgan fingerprint density at radius 3 is 1.83 bits per heavy atom. The number of carbonyl (C=O) groups excluding carboxylic acids is 1. The van der Waals surface area contributed by atoms with Crippen LogP contribution in [0.15, 0.2) is 48.5 Å². The Morgan fingerprint density at radius 2 is 1.38 bits per heavy atom. The second-order valence-corrected chi connectivity index (χ2v) is 4.94. The van der Waals surface area contributed by atoms with Gasteiger partial charge in [0.25, 0.3) is 0 Å². The Labute approximate surface area is 135 Å². The van der Waals surface area contributed by atoms with Crippen LogP contribution in [0.2, 0.25) is 0 Å². The van der Waals surface area contributed by atoms with Crippen LogP contribution in [0.3, 0.4) is 0 Å². The van der Waals surface area contributed by atoms with Gasteiger partial charge in [0.05, 0.1) is 0 Å². The SMILES string of the molecule is O=C(O)C(O)C(O)(C(=O)Oc1ccc(O)cc1)c1ccc(O)cc1. The fourth-order valence-electron chi connectivity index (χ4n) is 1.98. The number of carboxylic acids is 1. The number of aromatic hydroxyl groups is 2. The van der Waals surface area contributed by atoms with E-state index in [4.69, 9.17) is 9.84 Å². The van der Waals surface area contributed by atoms with Crippen LogP contribution >= 0.6 is 0 Å². The van der Waals surface area contributed by atoms with E-state index in [0.29, 0.717) is 0 Å². The topological polar surface area (TPSA) is 145 Å². The smallest absolute Gasteiger partial charge is 0.351 e. The molecule has 8 nitrogen and oxygen atoms in total. The molecule has 0 saturated heterocycles. The van der Waals surface area contributed by atoms with Crippen molar-refractivity contribution in [3.05, 3.63) is 54.1 Å². The van der Waals surface area contributed by atoms with Gasteiger partial charge in [-0.3, -0.25) is 0 Å². The number of hydrogen-bond acceptors (Lipinski definition) is 7. The van der Waals surface area contributed by atoms with E-state index in [1.807, 2.05) is 0 Å². The Hall–Kier alpha value is -3.10. The number of rotatable bonds is 5. The molecule has 2 rings (SSSR count). The number of esters is 1. The third-order valence-corrected chi connectivity index (χ3v) is 3.30. The number of aliphatic hydroxyl groups excluding tert-OH is 1. The maximum atomic E-state index is 12.3. The minimum atomic E-state index is -2.91. The lowest BCUT2D eigenvalue weighted by atomic mass is 9.88. The lowest BCUT2D eigenvalue weighted by Gasteiger charge is -2.28. The molecule has 0 aromatic heterocycles. The molecule has 0 aliphatic rings. The monoisotopic (exact) mass is 334 g/mol. The number of aliphatic carboxylic acids is 1. The van der Waals surface area contributed by atoms with E-state index < -0.39 is 23.6 Å². The highest BCUT2D eigenvalue weighted by atomic mass is 16.6. The molecule has 2 aromatic rings. The van der Waals surface area contributed by atoms with Gasteiger partial charge < -0.3 is 30.3 Å². The highest BCUT2D eigenvalue weighted by Gasteiger charge is 2.50. The molecular weight excluding hydrogens is 320 g/mol. The van der Waals surface area contributed by atoms with E-state index in [0.717, 1.165) is 24.3 Å². The Morgan fingerprint density at radius 1 is 0.917 bits per heavy atom. The van der Waals surface area contributed by atoms with E-state index in [9.17, 15) is 30.0 Å². The van der Waals surface area contributed by atoms with Gasteiger partial charge in [0, 0.05) is 0 Å². The quantitative estimate of drug-likeness (QED) is 0.389. The molecule has 0 radical (unpaired) electrons. The molecule has 0 fully saturated rings. The molecule has 0 aliphatic heterocycles. The molecule has 2 aromatic carbocycles. The van der Waals surface area contributed by atoms with Gasteiger partial charge in [0.2, 0.25) is 5.60 Å². The van der Waals surface area contributed by atoms with Gasteiger partial charge in [-0.05, 0) is 42.0 Å². The van der Waals surface area contributed by atoms with Gasteiger partial charge in [0.15, 0.2) is 6.10 Å². The average molecular weight is 334 g/mol. The second-order valence-electron chi connectivity index (χ2n) is 4.94. The first-order valence-corrected chi connectivity index (χ1v) is 6.69. The van der Waals surface area contributed by atoms with Gasteiger partial charge in [-0.25, -0.2) is 9.59 Å². The second kappa shape index (κ2) is 6.57. The number of aliphatic hydroxyl groups is 2. The zero-order valence-corrected chi connectivity index (χ0v) is 12.2. The number of ether oxygens (including phenoxy) is 1. The maximum absolute atomic E-state index is 12.3. The zero-order chi connectivity index (χ0) is 17.9. The summed E-state index contributed by atoms with van der Waals surface area (Å²) in [7, 11) is 0. The Balaban J connectivity index is 2.41. The predicted octanol–water partition coefficient (Wildman–Crippen LogP) is 0.336. The third-order valence-electron chi connectivity index (χ3n) is 3.30. The molecule has 0 aliphatic carbocycles. The molecule has 0 saturated carbocycles. The molecule has 0 spiro atoms. The van der Waals surface area contributed by atoms with Crippen LogP contribution in [0.4, 0.5) is 0 Å². The van der Waals surface area contributed by atoms with Crippen molar-refractivity contribution in [1.29, 1.82) is 0 Å². The Kier molecular flexibility index (Phi) is 4.72. The number of phenolic OH excluding ortho intramolecular Hbond substituents is 2. The molecule has 0 heterocycles. The predicted molar refractivity (Wildman–Crippen MR) is 79.4 cm³/mol. The summed E-state index contributed by atoms with van der Waals surface area (Å²) in [5, 5.41) is 47.8. The summed E-state index contributed by atoms with van der Waals surface area (Å²) >= 11 is 0. The lowest BCUT2D eigenvalue weighted by Crippen LogP contribution is -2.52. The molecular formula is C16H14O8. The molecule has 24 heavy (non-hydrogen) atoms. The van der Waals surface area contributed by atoms with Crippen LogP contribution in [0, 0.1) is 0 Å². The number of hydrogen-bond donors (Lipinski definition) is 5. The molecule has 5 N–H and O–H groups in total. The lowest BCUT2D eigenvalue weighted by molar-refractivity contribution is -0.183. The van der Waals surface area contributed by atoms with Crippen molar-refractivity contribution in [2.75, 3.05) is 0 Å². The largest absolute Gasteiger partial charge is 0.508 e. The summed E-state index contributed by atoms with van der Waals surface area (Å²) < 4.78 is 4.90. The summed E-state index contributed by atoms with van der Waals surface area (Å²) in [6, 6.07) is 9.27. The number of benzene rings is 2. The van der Waals surface area contributed by atoms with Crippen LogP contribution in [-0.4, -0.2) is 43.6 Å². The summed E-state index contributed by atoms with van der Waals surface area (Å²) in [5.74, 6) is -3.62. The number of phenols is 2. The van der Waals surface area contributed by atoms with Gasteiger partial charge in [-0.1, -0.05) is 12.1 Å². The summed E-state index contributed by atoms with van der Waals surface area (Å²) in [5.41, 5.74) is -3.18. The normalized spacial score (nSPS) is 14.4. The first-order chi connectivity index (χ1) is 11.2. The minimum absolute atomic E-state index is 0.0763. The van der Waals surface area contributed by atoms with Crippen molar-refractivity contribution in [2.45, 2.75) is 11.7 Å². The van der Waals surface area contributed by atoms with E-state index >= 15 is 0 Å². The fourth-order valence-corrected chi connectivity index (χ4v) is 1.98. The average Bonchev–Trinajstić information content (AvgIpc) is 2.56. The van der Waals surface area contributed by atoms with Crippen LogP contribution in [0.25, 0.3) is 0 Å². The molecule has 126 valence electrons. The van der Waals surface area contributed by atoms with Crippen LogP contribution in [-0.2, 0) is 15.2 Å². The van der Waals surface area contributed by atoms with E-state index in [1.54, 1.807) is 0 Å². The summed E-state index contributed by atoms with van der Waals surface area (Å²) in [4.78, 5) is 23.4. The fraction of sp³-hybridized carbons (Fsp3) is 0.125. The summed E-state index contributed by atoms with van der Waals surface area (Å²) in [6.45, 7) is 0. The van der Waals surface area contributed by atoms with Gasteiger partial charge >= 0.3 is 11.9 Å². The molecule has 2 unspecified atom stereocenters. The van der Waals surface area contributed by atoms with Crippen molar-refractivity contribution in [3.63, 3.8) is 0 Å². The highest BCUT2D eigenvalue weighted by Crippen LogP contribution is 2.30. The number of carboxylic acid groups (broad SMARTS) is 1. The van der Waals surface area contributed by atoms with Crippen molar-refractivity contribution in [1.82, 2.24) is 0 Å². The van der Waals surface area contributed by atoms with Gasteiger partial charge in [-0.15, -0.1) is 0 Å². The van der Waals surface area contributed by atoms with Crippen LogP contribution in [0.5, 0.6) is 17.2 Å². The molecule has 8 heteroatoms. The van der Waals surface area contributed by atoms with Gasteiger partial charge in [-0.2, -0.15) is 0 Å². The van der Waals surface area contributed by atoms with E-state index in [-0.39, 0.29) is 22.8 Å². The van der Waals surface area contributed by atoms with Crippen molar-refractivity contribution in [3.8, 4) is 17.2 Å². The zero-order valence-electron chi connectivity index (χ0n) is 12.2. The van der Waals surface area contributed by atoms with Crippen LogP contribution < -0.4 is 4.74 Å². The molecule has 0 bridgehead atoms. The molecule has 2 atom stereocenters. The van der Waals surface area contributed by atoms with Crippen molar-refractivity contribution >= 4 is 11.9 Å². The van der Waals surface area contributed by atoms with E-state index in [2.05, 4.69) is 0 Å². The van der Waals surface area contributed by atoms with Crippen molar-refractivity contribution in [2.24, 2.45) is 0 Å². The Bertz CT molecular complexity index is 738. The standard InChI is InChI=1S/C16H14O8/c17-10-3-1-9(2-4-10)16(23,13(19)14(20)21)15(22)24-12-7-5-11(18)6-8-12/h1-8,13,17-19,23H,(H,20,21).